The van der Waals surface area contributed by atoms with E-state index in [1.54, 1.807) is 55.6 Å². The topological polar surface area (TPSA) is 116 Å². The average Bonchev–Trinajstić information content (AvgIpc) is 2.83. The Balaban J connectivity index is 0.000000216. The van der Waals surface area contributed by atoms with Crippen molar-refractivity contribution in [3.63, 3.8) is 0 Å². The standard InChI is InChI=1S/C14H13BrO4S.C13H11BrO4S/c1-18-12-7-10(15)8-13(9-12)19-11-3-5-14(6-4-11)20(2,16)17;1-19(16,17)13-4-2-11(3-5-13)18-12-7-9(14)6-10(15)8-12/h3-9H,1-2H3;2-8,15H,1H3. The Labute approximate surface area is 244 Å². The zero-order chi connectivity index (χ0) is 28.8. The summed E-state index contributed by atoms with van der Waals surface area (Å²) in [5.74, 6) is 2.85. The second-order valence-corrected chi connectivity index (χ2v) is 14.0. The van der Waals surface area contributed by atoms with Crippen LogP contribution < -0.4 is 14.2 Å². The SMILES string of the molecule is COc1cc(Br)cc(Oc2ccc(S(C)(=O)=O)cc2)c1.CS(=O)(=O)c1ccc(Oc2cc(O)cc(Br)c2)cc1. The molecule has 0 saturated carbocycles. The molecule has 1 N–H and O–H groups in total. The van der Waals surface area contributed by atoms with Crippen LogP contribution in [0.15, 0.2) is 104 Å². The quantitative estimate of drug-likeness (QED) is 0.219. The maximum atomic E-state index is 11.4. The summed E-state index contributed by atoms with van der Waals surface area (Å²) in [6.45, 7) is 0. The minimum atomic E-state index is -3.21. The molecule has 0 fully saturated rings. The van der Waals surface area contributed by atoms with Crippen LogP contribution >= 0.6 is 31.9 Å². The van der Waals surface area contributed by atoms with Gasteiger partial charge in [0.25, 0.3) is 0 Å². The third kappa shape index (κ3) is 9.57. The first-order chi connectivity index (χ1) is 18.2. The molecular weight excluding hydrogens is 676 g/mol. The predicted octanol–water partition coefficient (Wildman–Crippen LogP) is 7.00. The van der Waals surface area contributed by atoms with Crippen LogP contribution in [-0.4, -0.2) is 41.6 Å². The zero-order valence-electron chi connectivity index (χ0n) is 21.0. The van der Waals surface area contributed by atoms with Gasteiger partial charge in [-0.25, -0.2) is 16.8 Å². The molecule has 0 atom stereocenters. The lowest BCUT2D eigenvalue weighted by Crippen LogP contribution is -1.96. The lowest BCUT2D eigenvalue weighted by Gasteiger charge is -2.08. The number of methoxy groups -OCH3 is 1. The summed E-state index contributed by atoms with van der Waals surface area (Å²) in [5, 5.41) is 9.43. The predicted molar refractivity (Wildman–Crippen MR) is 156 cm³/mol. The van der Waals surface area contributed by atoms with Gasteiger partial charge < -0.3 is 19.3 Å². The molecule has 0 unspecified atom stereocenters. The number of ether oxygens (including phenoxy) is 3. The Morgan fingerprint density at radius 3 is 1.33 bits per heavy atom. The molecule has 4 aromatic carbocycles. The van der Waals surface area contributed by atoms with Gasteiger partial charge in [-0.15, -0.1) is 0 Å². The van der Waals surface area contributed by atoms with Crippen molar-refractivity contribution in [3.8, 4) is 34.5 Å². The van der Waals surface area contributed by atoms with Crippen molar-refractivity contribution in [2.24, 2.45) is 0 Å². The van der Waals surface area contributed by atoms with E-state index in [1.165, 1.54) is 36.6 Å². The first kappa shape index (κ1) is 30.5. The molecule has 4 aromatic rings. The normalized spacial score (nSPS) is 11.2. The Kier molecular flexibility index (Phi) is 10.1. The van der Waals surface area contributed by atoms with Gasteiger partial charge in [0.2, 0.25) is 0 Å². The second-order valence-electron chi connectivity index (χ2n) is 8.16. The summed E-state index contributed by atoms with van der Waals surface area (Å²) >= 11 is 6.61. The van der Waals surface area contributed by atoms with E-state index >= 15 is 0 Å². The molecule has 4 rings (SSSR count). The van der Waals surface area contributed by atoms with Gasteiger partial charge >= 0.3 is 0 Å². The van der Waals surface area contributed by atoms with Crippen molar-refractivity contribution in [1.29, 1.82) is 0 Å². The Bertz CT molecular complexity index is 1630. The first-order valence-electron chi connectivity index (χ1n) is 11.0. The fourth-order valence-corrected chi connectivity index (χ4v) is 5.27. The third-order valence-corrected chi connectivity index (χ3v) is 8.08. The maximum Gasteiger partial charge on any atom is 0.175 e. The van der Waals surface area contributed by atoms with E-state index in [2.05, 4.69) is 31.9 Å². The van der Waals surface area contributed by atoms with E-state index in [1.807, 2.05) is 6.07 Å². The molecule has 0 spiro atoms. The zero-order valence-corrected chi connectivity index (χ0v) is 25.8. The van der Waals surface area contributed by atoms with E-state index in [0.29, 0.717) is 33.2 Å². The number of aromatic hydroxyl groups is 1. The van der Waals surface area contributed by atoms with E-state index in [0.717, 1.165) is 10.7 Å². The van der Waals surface area contributed by atoms with Crippen molar-refractivity contribution < 1.29 is 36.2 Å². The Morgan fingerprint density at radius 1 is 0.564 bits per heavy atom. The Morgan fingerprint density at radius 2 is 0.949 bits per heavy atom. The molecule has 39 heavy (non-hydrogen) atoms. The maximum absolute atomic E-state index is 11.4. The summed E-state index contributed by atoms with van der Waals surface area (Å²) in [6, 6.07) is 22.4. The monoisotopic (exact) mass is 698 g/mol. The number of sulfone groups is 2. The van der Waals surface area contributed by atoms with Crippen LogP contribution in [0, 0.1) is 0 Å². The highest BCUT2D eigenvalue weighted by Gasteiger charge is 2.09. The molecule has 0 radical (unpaired) electrons. The van der Waals surface area contributed by atoms with Crippen LogP contribution in [0.5, 0.6) is 34.5 Å². The number of halogens is 2. The number of phenolic OH excluding ortho intramolecular Hbond substituents is 1. The minimum absolute atomic E-state index is 0.0807. The van der Waals surface area contributed by atoms with Crippen molar-refractivity contribution in [2.75, 3.05) is 19.6 Å². The van der Waals surface area contributed by atoms with Gasteiger partial charge in [-0.3, -0.25) is 0 Å². The lowest BCUT2D eigenvalue weighted by molar-refractivity contribution is 0.408. The summed E-state index contributed by atoms with van der Waals surface area (Å²) in [7, 11) is -4.83. The smallest absolute Gasteiger partial charge is 0.175 e. The minimum Gasteiger partial charge on any atom is -0.508 e. The van der Waals surface area contributed by atoms with Gasteiger partial charge in [-0.2, -0.15) is 0 Å². The summed E-state index contributed by atoms with van der Waals surface area (Å²) in [4.78, 5) is 0.494. The number of benzene rings is 4. The molecule has 0 saturated heterocycles. The van der Waals surface area contributed by atoms with Gasteiger partial charge in [-0.05, 0) is 72.8 Å². The fourth-order valence-electron chi connectivity index (χ4n) is 3.10. The Hall–Kier alpha value is -3.06. The molecule has 0 amide bonds. The van der Waals surface area contributed by atoms with E-state index in [-0.39, 0.29) is 15.5 Å². The molecule has 0 heterocycles. The van der Waals surface area contributed by atoms with Crippen LogP contribution in [0.25, 0.3) is 0 Å². The van der Waals surface area contributed by atoms with Crippen LogP contribution in [0.3, 0.4) is 0 Å². The van der Waals surface area contributed by atoms with Gasteiger partial charge in [0.05, 0.1) is 16.9 Å². The summed E-state index contributed by atoms with van der Waals surface area (Å²) in [6.07, 6.45) is 2.32. The molecule has 8 nitrogen and oxygen atoms in total. The van der Waals surface area contributed by atoms with E-state index in [9.17, 15) is 21.9 Å². The van der Waals surface area contributed by atoms with Gasteiger partial charge in [-0.1, -0.05) is 31.9 Å². The summed E-state index contributed by atoms with van der Waals surface area (Å²) in [5.41, 5.74) is 0. The highest BCUT2D eigenvalue weighted by Crippen LogP contribution is 2.31. The van der Waals surface area contributed by atoms with Gasteiger partial charge in [0.1, 0.15) is 34.5 Å². The highest BCUT2D eigenvalue weighted by molar-refractivity contribution is 9.10. The number of phenols is 1. The van der Waals surface area contributed by atoms with Crippen LogP contribution in [-0.2, 0) is 19.7 Å². The van der Waals surface area contributed by atoms with E-state index in [4.69, 9.17) is 14.2 Å². The number of hydrogen-bond acceptors (Lipinski definition) is 8. The fraction of sp³-hybridized carbons (Fsp3) is 0.111. The van der Waals surface area contributed by atoms with Crippen molar-refractivity contribution in [2.45, 2.75) is 9.79 Å². The molecule has 0 bridgehead atoms. The molecular formula is C27H24Br2O8S2. The van der Waals surface area contributed by atoms with Crippen LogP contribution in [0.2, 0.25) is 0 Å². The second kappa shape index (κ2) is 12.9. The molecule has 0 aliphatic rings. The molecule has 0 aliphatic heterocycles. The number of rotatable bonds is 7. The van der Waals surface area contributed by atoms with Gasteiger partial charge in [0, 0.05) is 33.6 Å². The average molecular weight is 700 g/mol. The van der Waals surface area contributed by atoms with Crippen LogP contribution in [0.4, 0.5) is 0 Å². The van der Waals surface area contributed by atoms with Crippen molar-refractivity contribution in [3.05, 3.63) is 93.9 Å². The van der Waals surface area contributed by atoms with Crippen molar-refractivity contribution in [1.82, 2.24) is 0 Å². The third-order valence-electron chi connectivity index (χ3n) is 4.91. The molecule has 12 heteroatoms. The highest BCUT2D eigenvalue weighted by atomic mass is 79.9. The number of hydrogen-bond donors (Lipinski definition) is 1. The first-order valence-corrected chi connectivity index (χ1v) is 16.4. The molecule has 0 aromatic heterocycles. The lowest BCUT2D eigenvalue weighted by atomic mass is 10.3. The largest absolute Gasteiger partial charge is 0.508 e. The summed E-state index contributed by atoms with van der Waals surface area (Å²) < 4.78 is 63.2. The van der Waals surface area contributed by atoms with Gasteiger partial charge in [0.15, 0.2) is 19.7 Å². The van der Waals surface area contributed by atoms with Crippen LogP contribution in [0.1, 0.15) is 0 Å². The molecule has 0 aliphatic carbocycles. The van der Waals surface area contributed by atoms with Crippen molar-refractivity contribution >= 4 is 51.5 Å². The van der Waals surface area contributed by atoms with E-state index < -0.39 is 19.7 Å². The molecule has 206 valence electrons.